The number of rotatable bonds is 8. The molecular weight excluding hydrogens is 380 g/mol. The van der Waals surface area contributed by atoms with Gasteiger partial charge in [-0.25, -0.2) is 0 Å². The van der Waals surface area contributed by atoms with Crippen molar-refractivity contribution in [2.24, 2.45) is 52.3 Å². The average Bonchev–Trinajstić information content (AvgIpc) is 3.09. The van der Waals surface area contributed by atoms with Crippen LogP contribution in [-0.4, -0.2) is 24.4 Å². The third kappa shape index (κ3) is 4.51. The van der Waals surface area contributed by atoms with E-state index in [4.69, 9.17) is 9.84 Å². The van der Waals surface area contributed by atoms with E-state index < -0.39 is 0 Å². The number of aliphatic hydroxyl groups excluding tert-OH is 1. The van der Waals surface area contributed by atoms with E-state index in [1.165, 1.54) is 77.0 Å². The molecule has 180 valence electrons. The van der Waals surface area contributed by atoms with Crippen LogP contribution in [0.3, 0.4) is 0 Å². The molecule has 4 aliphatic carbocycles. The Labute approximate surface area is 193 Å². The van der Waals surface area contributed by atoms with Gasteiger partial charge in [0.1, 0.15) is 0 Å². The lowest BCUT2D eigenvalue weighted by atomic mass is 9.44. The Morgan fingerprint density at radius 2 is 1.61 bits per heavy atom. The summed E-state index contributed by atoms with van der Waals surface area (Å²) in [5.74, 6) is 6.53. The van der Waals surface area contributed by atoms with E-state index in [-0.39, 0.29) is 6.61 Å². The van der Waals surface area contributed by atoms with Crippen molar-refractivity contribution < 1.29 is 9.84 Å². The summed E-state index contributed by atoms with van der Waals surface area (Å²) in [6.45, 7) is 13.4. The molecule has 2 nitrogen and oxygen atoms in total. The molecule has 31 heavy (non-hydrogen) atoms. The van der Waals surface area contributed by atoms with Crippen LogP contribution in [0, 0.1) is 52.3 Å². The lowest BCUT2D eigenvalue weighted by Gasteiger charge is -2.61. The first-order valence-electron chi connectivity index (χ1n) is 14.0. The highest BCUT2D eigenvalue weighted by Crippen LogP contribution is 2.68. The predicted octanol–water partition coefficient (Wildman–Crippen LogP) is 7.49. The van der Waals surface area contributed by atoms with Crippen molar-refractivity contribution in [2.45, 2.75) is 118 Å². The third-order valence-corrected chi connectivity index (χ3v) is 11.3. The first kappa shape index (κ1) is 24.1. The second kappa shape index (κ2) is 9.65. The molecule has 1 N–H and O–H groups in total. The summed E-state index contributed by atoms with van der Waals surface area (Å²) in [7, 11) is 0. The maximum Gasteiger partial charge on any atom is 0.0701 e. The fraction of sp³-hybridized carbons (Fsp3) is 1.00. The molecule has 4 rings (SSSR count). The van der Waals surface area contributed by atoms with Crippen LogP contribution in [0.2, 0.25) is 0 Å². The largest absolute Gasteiger partial charge is 0.394 e. The smallest absolute Gasteiger partial charge is 0.0701 e. The second-order valence-electron chi connectivity index (χ2n) is 13.2. The van der Waals surface area contributed by atoms with Crippen molar-refractivity contribution in [2.75, 3.05) is 13.2 Å². The van der Waals surface area contributed by atoms with Crippen LogP contribution in [0.4, 0.5) is 0 Å². The van der Waals surface area contributed by atoms with Gasteiger partial charge in [-0.05, 0) is 110 Å². The van der Waals surface area contributed by atoms with Gasteiger partial charge in [-0.15, -0.1) is 0 Å². The molecule has 0 amide bonds. The van der Waals surface area contributed by atoms with Crippen LogP contribution in [0.5, 0.6) is 0 Å². The summed E-state index contributed by atoms with van der Waals surface area (Å²) in [5.41, 5.74) is 1.16. The van der Waals surface area contributed by atoms with Gasteiger partial charge >= 0.3 is 0 Å². The maximum absolute atomic E-state index is 9.15. The van der Waals surface area contributed by atoms with Crippen molar-refractivity contribution in [3.8, 4) is 0 Å². The molecule has 0 aromatic heterocycles. The molecule has 0 aliphatic heterocycles. The van der Waals surface area contributed by atoms with Crippen LogP contribution in [0.15, 0.2) is 0 Å². The van der Waals surface area contributed by atoms with Gasteiger partial charge in [-0.3, -0.25) is 0 Å². The van der Waals surface area contributed by atoms with E-state index in [0.29, 0.717) is 23.5 Å². The fourth-order valence-corrected chi connectivity index (χ4v) is 9.61. The van der Waals surface area contributed by atoms with Gasteiger partial charge in [0.15, 0.2) is 0 Å². The second-order valence-corrected chi connectivity index (χ2v) is 13.2. The van der Waals surface area contributed by atoms with Gasteiger partial charge in [-0.1, -0.05) is 53.9 Å². The van der Waals surface area contributed by atoms with Crippen molar-refractivity contribution in [3.05, 3.63) is 0 Å². The highest BCUT2D eigenvalue weighted by Gasteiger charge is 2.60. The Hall–Kier alpha value is -0.0800. The standard InChI is InChI=1S/C29H52O2/c1-20(2)7-6-8-21(3)25-11-12-26-24-10-9-22-19-23(31-18-17-30)13-15-28(22,4)27(24)14-16-29(25,26)5/h20-27,30H,6-19H2,1-5H3/t21-,22?,23+,24+,25-,26+,27+,28+,29-/m1/s1. The fourth-order valence-electron chi connectivity index (χ4n) is 9.61. The van der Waals surface area contributed by atoms with Gasteiger partial charge in [0, 0.05) is 0 Å². The van der Waals surface area contributed by atoms with Crippen molar-refractivity contribution in [1.82, 2.24) is 0 Å². The minimum Gasteiger partial charge on any atom is -0.394 e. The van der Waals surface area contributed by atoms with Gasteiger partial charge in [0.05, 0.1) is 19.3 Å². The lowest BCUT2D eigenvalue weighted by Crippen LogP contribution is -2.54. The minimum atomic E-state index is 0.167. The van der Waals surface area contributed by atoms with Crippen LogP contribution in [0.1, 0.15) is 112 Å². The van der Waals surface area contributed by atoms with E-state index in [0.717, 1.165) is 41.4 Å². The molecule has 9 atom stereocenters. The van der Waals surface area contributed by atoms with Gasteiger partial charge in [0.25, 0.3) is 0 Å². The number of aliphatic hydroxyl groups is 1. The summed E-state index contributed by atoms with van der Waals surface area (Å²) in [4.78, 5) is 0. The third-order valence-electron chi connectivity index (χ3n) is 11.3. The van der Waals surface area contributed by atoms with E-state index in [2.05, 4.69) is 34.6 Å². The van der Waals surface area contributed by atoms with Gasteiger partial charge in [-0.2, -0.15) is 0 Å². The van der Waals surface area contributed by atoms with Crippen LogP contribution >= 0.6 is 0 Å². The zero-order valence-electron chi connectivity index (χ0n) is 21.4. The van der Waals surface area contributed by atoms with Crippen molar-refractivity contribution in [3.63, 3.8) is 0 Å². The SMILES string of the molecule is CC(C)CCC[C@@H](C)[C@H]1CC[C@H]2[C@@H]3CCC4C[C@@H](OCCO)CC[C@]4(C)[C@H]3CC[C@]12C. The molecular formula is C29H52O2. The maximum atomic E-state index is 9.15. The molecule has 4 aliphatic rings. The first-order valence-corrected chi connectivity index (χ1v) is 14.0. The lowest BCUT2D eigenvalue weighted by molar-refractivity contribution is -0.138. The molecule has 4 saturated carbocycles. The topological polar surface area (TPSA) is 29.5 Å². The minimum absolute atomic E-state index is 0.167. The van der Waals surface area contributed by atoms with E-state index in [9.17, 15) is 0 Å². The molecule has 0 aromatic carbocycles. The summed E-state index contributed by atoms with van der Waals surface area (Å²) < 4.78 is 5.98. The number of hydrogen-bond donors (Lipinski definition) is 1. The summed E-state index contributed by atoms with van der Waals surface area (Å²) in [5, 5.41) is 9.15. The average molecular weight is 433 g/mol. The summed E-state index contributed by atoms with van der Waals surface area (Å²) in [6.07, 6.45) is 17.4. The molecule has 0 heterocycles. The normalized spacial score (nSPS) is 45.8. The molecule has 0 bridgehead atoms. The molecule has 1 unspecified atom stereocenters. The van der Waals surface area contributed by atoms with E-state index >= 15 is 0 Å². The Kier molecular flexibility index (Phi) is 7.49. The molecule has 0 aromatic rings. The number of hydrogen-bond acceptors (Lipinski definition) is 2. The molecule has 2 heteroatoms. The quantitative estimate of drug-likeness (QED) is 0.430. The van der Waals surface area contributed by atoms with E-state index in [1.807, 2.05) is 0 Å². The summed E-state index contributed by atoms with van der Waals surface area (Å²) >= 11 is 0. The van der Waals surface area contributed by atoms with E-state index in [1.54, 1.807) is 0 Å². The molecule has 0 radical (unpaired) electrons. The highest BCUT2D eigenvalue weighted by molar-refractivity contribution is 5.09. The first-order chi connectivity index (χ1) is 14.8. The Morgan fingerprint density at radius 1 is 0.871 bits per heavy atom. The molecule has 0 saturated heterocycles. The van der Waals surface area contributed by atoms with Crippen LogP contribution in [-0.2, 0) is 4.74 Å². The zero-order valence-corrected chi connectivity index (χ0v) is 21.4. The highest BCUT2D eigenvalue weighted by atomic mass is 16.5. The van der Waals surface area contributed by atoms with Crippen molar-refractivity contribution in [1.29, 1.82) is 0 Å². The molecule has 4 fully saturated rings. The number of ether oxygens (including phenoxy) is 1. The zero-order chi connectivity index (χ0) is 22.2. The van der Waals surface area contributed by atoms with Crippen LogP contribution < -0.4 is 0 Å². The number of fused-ring (bicyclic) bond motifs is 5. The predicted molar refractivity (Wildman–Crippen MR) is 130 cm³/mol. The Bertz CT molecular complexity index is 587. The van der Waals surface area contributed by atoms with Gasteiger partial charge < -0.3 is 9.84 Å². The van der Waals surface area contributed by atoms with Gasteiger partial charge in [0.2, 0.25) is 0 Å². The Balaban J connectivity index is 1.41. The van der Waals surface area contributed by atoms with Crippen LogP contribution in [0.25, 0.3) is 0 Å². The molecule has 0 spiro atoms. The monoisotopic (exact) mass is 432 g/mol. The van der Waals surface area contributed by atoms with Crippen molar-refractivity contribution >= 4 is 0 Å². The summed E-state index contributed by atoms with van der Waals surface area (Å²) in [6, 6.07) is 0. The Morgan fingerprint density at radius 3 is 2.35 bits per heavy atom.